The fourth-order valence-corrected chi connectivity index (χ4v) is 6.13. The zero-order chi connectivity index (χ0) is 36.4. The van der Waals surface area contributed by atoms with Crippen molar-refractivity contribution in [2.45, 2.75) is 120 Å². The summed E-state index contributed by atoms with van der Waals surface area (Å²) >= 11 is 0. The van der Waals surface area contributed by atoms with Crippen LogP contribution in [0.2, 0.25) is 0 Å². The van der Waals surface area contributed by atoms with Crippen molar-refractivity contribution in [2.24, 2.45) is 11.5 Å². The van der Waals surface area contributed by atoms with E-state index in [-0.39, 0.29) is 31.8 Å². The molecule has 278 valence electrons. The Bertz CT molecular complexity index is 1500. The summed E-state index contributed by atoms with van der Waals surface area (Å²) in [5.41, 5.74) is 11.6. The molecule has 2 fully saturated rings. The third-order valence-corrected chi connectivity index (χ3v) is 8.95. The highest BCUT2D eigenvalue weighted by molar-refractivity contribution is 5.90. The number of nitrogens with one attached hydrogen (secondary N) is 3. The summed E-state index contributed by atoms with van der Waals surface area (Å²) in [6.07, 6.45) is -5.54. The number of benzene rings is 1. The largest absolute Gasteiger partial charge is 0.387 e. The van der Waals surface area contributed by atoms with Crippen molar-refractivity contribution in [1.29, 1.82) is 0 Å². The average Bonchev–Trinajstić information content (AvgIpc) is 3.53. The van der Waals surface area contributed by atoms with Crippen LogP contribution in [0.4, 0.5) is 5.69 Å². The summed E-state index contributed by atoms with van der Waals surface area (Å²) in [7, 11) is 0. The van der Waals surface area contributed by atoms with E-state index in [4.69, 9.17) is 25.7 Å². The lowest BCUT2D eigenvalue weighted by Gasteiger charge is -2.34. The molecule has 17 nitrogen and oxygen atoms in total. The van der Waals surface area contributed by atoms with Crippen molar-refractivity contribution in [3.05, 3.63) is 62.9 Å². The first kappa shape index (κ1) is 39.3. The molecule has 4 rings (SSSR count). The average molecular weight is 707 g/mol. The molecule has 2 amide bonds. The minimum atomic E-state index is -1.78. The van der Waals surface area contributed by atoms with Crippen LogP contribution >= 0.6 is 0 Å². The number of H-pyrrole nitrogens is 1. The number of aromatic amines is 1. The Hall–Kier alpha value is -3.52. The summed E-state index contributed by atoms with van der Waals surface area (Å²) in [5.74, 6) is -1.25. The standard InChI is InChI=1S/C33H50N6O11/c1-2-3-4-5-6-8-18-10-12-19(13-11-18)37-21(40)9-7-15-36-23(30(35)46)28(50-32-27(45)24(42)20(17-34)48-32)29-25(43)26(44)31(49-29)39-16-14-22(41)38-33(39)47/h10-14,16,20,23-29,31-32,36,42-45H,2-9,15,17,34H2,1H3,(H2,35,46)(H,37,40)(H,38,41,47)/t20-,23+,24-,25?,26?,27-,28+,29?,31?,32?/m1/s1. The molecule has 10 atom stereocenters. The maximum atomic E-state index is 12.8. The van der Waals surface area contributed by atoms with E-state index in [1.54, 1.807) is 0 Å². The van der Waals surface area contributed by atoms with Gasteiger partial charge in [0.2, 0.25) is 11.8 Å². The molecule has 50 heavy (non-hydrogen) atoms. The summed E-state index contributed by atoms with van der Waals surface area (Å²) < 4.78 is 18.2. The van der Waals surface area contributed by atoms with Crippen molar-refractivity contribution in [3.8, 4) is 0 Å². The van der Waals surface area contributed by atoms with Gasteiger partial charge in [0.25, 0.3) is 5.56 Å². The Kier molecular flexibility index (Phi) is 14.6. The lowest BCUT2D eigenvalue weighted by molar-refractivity contribution is -0.226. The second-order valence-electron chi connectivity index (χ2n) is 12.7. The molecule has 0 spiro atoms. The number of unbranched alkanes of at least 4 members (excludes halogenated alkanes) is 4. The Balaban J connectivity index is 1.40. The van der Waals surface area contributed by atoms with Gasteiger partial charge in [0.05, 0.1) is 0 Å². The molecular weight excluding hydrogens is 656 g/mol. The van der Waals surface area contributed by atoms with Gasteiger partial charge in [-0.1, -0.05) is 44.7 Å². The lowest BCUT2D eigenvalue weighted by atomic mass is 9.98. The molecule has 3 heterocycles. The normalized spacial score (nSPS) is 27.6. The van der Waals surface area contributed by atoms with Gasteiger partial charge in [-0.15, -0.1) is 0 Å². The fraction of sp³-hybridized carbons (Fsp3) is 0.636. The molecule has 11 N–H and O–H groups in total. The van der Waals surface area contributed by atoms with E-state index in [1.807, 2.05) is 29.2 Å². The maximum Gasteiger partial charge on any atom is 0.330 e. The SMILES string of the molecule is CCCCCCCc1ccc(NC(=O)CCCN[C@H](C(N)=O)[C@H](OC2O[C@H](CN)[C@@H](O)[C@H]2O)C2OC(n3ccc(=O)[nH]c3=O)C(O)C2O)cc1. The van der Waals surface area contributed by atoms with E-state index in [2.05, 4.69) is 17.6 Å². The topological polar surface area (TPSA) is 274 Å². The van der Waals surface area contributed by atoms with Gasteiger partial charge >= 0.3 is 5.69 Å². The number of hydrogen-bond acceptors (Lipinski definition) is 13. The molecule has 2 aromatic rings. The second kappa shape index (κ2) is 18.6. The second-order valence-corrected chi connectivity index (χ2v) is 12.7. The molecule has 0 saturated carbocycles. The first-order valence-electron chi connectivity index (χ1n) is 17.1. The van der Waals surface area contributed by atoms with Crippen LogP contribution in [-0.4, -0.2) is 110 Å². The van der Waals surface area contributed by atoms with Crippen LogP contribution in [0.3, 0.4) is 0 Å². The van der Waals surface area contributed by atoms with Gasteiger partial charge in [-0.05, 0) is 43.5 Å². The predicted octanol–water partition coefficient (Wildman–Crippen LogP) is -1.68. The zero-order valence-electron chi connectivity index (χ0n) is 28.1. The molecule has 2 aliphatic heterocycles. The number of ether oxygens (including phenoxy) is 3. The number of nitrogens with zero attached hydrogens (tertiary/aromatic N) is 1. The monoisotopic (exact) mass is 706 g/mol. The minimum Gasteiger partial charge on any atom is -0.387 e. The number of aliphatic hydroxyl groups excluding tert-OH is 4. The number of carbonyl (C=O) groups excluding carboxylic acids is 2. The molecule has 17 heteroatoms. The number of aryl methyl sites for hydroxylation is 1. The number of nitrogens with two attached hydrogens (primary N) is 2. The van der Waals surface area contributed by atoms with Gasteiger partial charge in [0.1, 0.15) is 48.8 Å². The first-order valence-corrected chi connectivity index (χ1v) is 17.1. The maximum absolute atomic E-state index is 12.8. The summed E-state index contributed by atoms with van der Waals surface area (Å²) in [6.45, 7) is 2.06. The van der Waals surface area contributed by atoms with Crippen molar-refractivity contribution >= 4 is 17.5 Å². The molecular formula is C33H50N6O11. The predicted molar refractivity (Wildman–Crippen MR) is 180 cm³/mol. The molecule has 1 aromatic carbocycles. The molecule has 0 aliphatic carbocycles. The van der Waals surface area contributed by atoms with E-state index in [0.29, 0.717) is 5.69 Å². The quantitative estimate of drug-likeness (QED) is 0.0740. The van der Waals surface area contributed by atoms with E-state index in [0.717, 1.165) is 29.7 Å². The van der Waals surface area contributed by atoms with Crippen LogP contribution in [0.5, 0.6) is 0 Å². The number of primary amides is 1. The number of aromatic nitrogens is 2. The Morgan fingerprint density at radius 1 is 0.960 bits per heavy atom. The van der Waals surface area contributed by atoms with E-state index < -0.39 is 78.4 Å². The minimum absolute atomic E-state index is 0.0498. The number of carbonyl (C=O) groups is 2. The van der Waals surface area contributed by atoms with Crippen LogP contribution in [0.15, 0.2) is 46.1 Å². The molecule has 0 bridgehead atoms. The van der Waals surface area contributed by atoms with Gasteiger partial charge in [-0.3, -0.25) is 23.9 Å². The summed E-state index contributed by atoms with van der Waals surface area (Å²) in [6, 6.07) is 7.23. The number of aliphatic hydroxyl groups is 4. The molecule has 0 radical (unpaired) electrons. The van der Waals surface area contributed by atoms with E-state index in [9.17, 15) is 39.6 Å². The van der Waals surface area contributed by atoms with Crippen molar-refractivity contribution in [2.75, 3.05) is 18.4 Å². The molecule has 5 unspecified atom stereocenters. The van der Waals surface area contributed by atoms with Crippen molar-refractivity contribution < 1.29 is 44.2 Å². The Morgan fingerprint density at radius 3 is 2.32 bits per heavy atom. The van der Waals surface area contributed by atoms with Crippen LogP contribution in [0.1, 0.15) is 63.7 Å². The Labute approximate surface area is 288 Å². The highest BCUT2D eigenvalue weighted by Gasteiger charge is 2.53. The molecule has 2 saturated heterocycles. The zero-order valence-corrected chi connectivity index (χ0v) is 28.1. The van der Waals surface area contributed by atoms with Gasteiger partial charge in [0.15, 0.2) is 12.5 Å². The van der Waals surface area contributed by atoms with Gasteiger partial charge in [0, 0.05) is 30.9 Å². The van der Waals surface area contributed by atoms with Crippen LogP contribution in [0.25, 0.3) is 0 Å². The van der Waals surface area contributed by atoms with Crippen LogP contribution in [-0.2, 0) is 30.2 Å². The third-order valence-electron chi connectivity index (χ3n) is 8.95. The van der Waals surface area contributed by atoms with Crippen LogP contribution in [0, 0.1) is 0 Å². The molecule has 1 aromatic heterocycles. The third kappa shape index (κ3) is 10.0. The van der Waals surface area contributed by atoms with Crippen LogP contribution < -0.4 is 33.3 Å². The highest BCUT2D eigenvalue weighted by atomic mass is 16.7. The summed E-state index contributed by atoms with van der Waals surface area (Å²) in [4.78, 5) is 51.5. The van der Waals surface area contributed by atoms with E-state index in [1.165, 1.54) is 31.2 Å². The lowest BCUT2D eigenvalue weighted by Crippen LogP contribution is -2.59. The van der Waals surface area contributed by atoms with Gasteiger partial charge in [-0.2, -0.15) is 0 Å². The van der Waals surface area contributed by atoms with Crippen molar-refractivity contribution in [3.63, 3.8) is 0 Å². The number of amides is 2. The molecule has 2 aliphatic rings. The van der Waals surface area contributed by atoms with Gasteiger partial charge < -0.3 is 56.7 Å². The number of rotatable bonds is 19. The smallest absolute Gasteiger partial charge is 0.330 e. The van der Waals surface area contributed by atoms with Crippen molar-refractivity contribution in [1.82, 2.24) is 14.9 Å². The highest BCUT2D eigenvalue weighted by Crippen LogP contribution is 2.34. The first-order chi connectivity index (χ1) is 23.9. The van der Waals surface area contributed by atoms with E-state index >= 15 is 0 Å². The summed E-state index contributed by atoms with van der Waals surface area (Å²) in [5, 5.41) is 48.6. The Morgan fingerprint density at radius 2 is 1.68 bits per heavy atom. The number of hydrogen-bond donors (Lipinski definition) is 9. The van der Waals surface area contributed by atoms with Gasteiger partial charge in [-0.25, -0.2) is 4.79 Å². The number of anilines is 1. The fourth-order valence-electron chi connectivity index (χ4n) is 6.13.